The summed E-state index contributed by atoms with van der Waals surface area (Å²) in [5.74, 6) is -0.0308. The summed E-state index contributed by atoms with van der Waals surface area (Å²) < 4.78 is 13.4. The number of urea groups is 1. The Morgan fingerprint density at radius 3 is 2.79 bits per heavy atom. The molecule has 1 saturated heterocycles. The highest BCUT2D eigenvalue weighted by Crippen LogP contribution is 2.20. The first-order valence-corrected chi connectivity index (χ1v) is 6.53. The molecular formula is C14H19FN2O2. The second kappa shape index (κ2) is 6.02. The minimum Gasteiger partial charge on any atom is -0.396 e. The van der Waals surface area contributed by atoms with Crippen LogP contribution in [0.25, 0.3) is 0 Å². The number of carbonyl (C=O) groups excluding carboxylic acids is 1. The van der Waals surface area contributed by atoms with E-state index in [9.17, 15) is 9.18 Å². The number of rotatable bonds is 2. The van der Waals surface area contributed by atoms with Crippen molar-refractivity contribution >= 4 is 11.7 Å². The van der Waals surface area contributed by atoms with Crippen LogP contribution in [0.5, 0.6) is 0 Å². The van der Waals surface area contributed by atoms with Crippen LogP contribution in [0.4, 0.5) is 14.9 Å². The molecule has 1 fully saturated rings. The van der Waals surface area contributed by atoms with Crippen molar-refractivity contribution in [1.82, 2.24) is 4.90 Å². The molecule has 0 saturated carbocycles. The minimum absolute atomic E-state index is 0.179. The van der Waals surface area contributed by atoms with Crippen molar-refractivity contribution < 1.29 is 14.3 Å². The van der Waals surface area contributed by atoms with Crippen molar-refractivity contribution in [3.8, 4) is 0 Å². The van der Waals surface area contributed by atoms with Gasteiger partial charge >= 0.3 is 6.03 Å². The molecule has 19 heavy (non-hydrogen) atoms. The highest BCUT2D eigenvalue weighted by atomic mass is 19.1. The zero-order chi connectivity index (χ0) is 13.8. The Hall–Kier alpha value is -1.62. The Kier molecular flexibility index (Phi) is 4.37. The Morgan fingerprint density at radius 1 is 1.47 bits per heavy atom. The molecule has 4 nitrogen and oxygen atoms in total. The molecule has 0 radical (unpaired) electrons. The molecule has 5 heteroatoms. The molecule has 104 valence electrons. The topological polar surface area (TPSA) is 52.6 Å². The zero-order valence-corrected chi connectivity index (χ0v) is 11.0. The van der Waals surface area contributed by atoms with Crippen LogP contribution >= 0.6 is 0 Å². The van der Waals surface area contributed by atoms with Crippen LogP contribution in [0, 0.1) is 18.7 Å². The van der Waals surface area contributed by atoms with Crippen molar-refractivity contribution in [2.24, 2.45) is 5.92 Å². The van der Waals surface area contributed by atoms with E-state index in [4.69, 9.17) is 5.11 Å². The molecule has 0 spiro atoms. The summed E-state index contributed by atoms with van der Waals surface area (Å²) in [6.07, 6.45) is 1.62. The van der Waals surface area contributed by atoms with Crippen molar-refractivity contribution in [2.45, 2.75) is 19.8 Å². The van der Waals surface area contributed by atoms with Crippen LogP contribution < -0.4 is 5.32 Å². The van der Waals surface area contributed by atoms with E-state index in [1.54, 1.807) is 24.0 Å². The Labute approximate surface area is 112 Å². The van der Waals surface area contributed by atoms with Gasteiger partial charge in [-0.15, -0.1) is 0 Å². The van der Waals surface area contributed by atoms with Gasteiger partial charge in [0.2, 0.25) is 0 Å². The second-order valence-corrected chi connectivity index (χ2v) is 4.96. The van der Waals surface area contributed by atoms with Crippen LogP contribution in [-0.4, -0.2) is 35.7 Å². The fourth-order valence-electron chi connectivity index (χ4n) is 2.26. The summed E-state index contributed by atoms with van der Waals surface area (Å²) in [4.78, 5) is 13.8. The van der Waals surface area contributed by atoms with Crippen molar-refractivity contribution in [3.63, 3.8) is 0 Å². The quantitative estimate of drug-likeness (QED) is 0.863. The monoisotopic (exact) mass is 266 g/mol. The number of hydrogen-bond donors (Lipinski definition) is 2. The van der Waals surface area contributed by atoms with Crippen LogP contribution in [0.2, 0.25) is 0 Å². The standard InChI is InChI=1S/C14H19FN2O2/c1-10-12(15)3-2-4-13(10)16-14(19)17-7-5-11(9-18)6-8-17/h2-4,11,18H,5-9H2,1H3,(H,16,19). The van der Waals surface area contributed by atoms with Gasteiger partial charge in [0.1, 0.15) is 5.82 Å². The van der Waals surface area contributed by atoms with Crippen molar-refractivity contribution in [1.29, 1.82) is 0 Å². The third kappa shape index (κ3) is 3.23. The average Bonchev–Trinajstić information content (AvgIpc) is 2.44. The third-order valence-electron chi connectivity index (χ3n) is 3.67. The van der Waals surface area contributed by atoms with Crippen LogP contribution in [0.3, 0.4) is 0 Å². The molecule has 1 heterocycles. The van der Waals surface area contributed by atoms with Gasteiger partial charge in [-0.05, 0) is 37.8 Å². The third-order valence-corrected chi connectivity index (χ3v) is 3.67. The normalized spacial score (nSPS) is 16.5. The number of benzene rings is 1. The number of hydrogen-bond acceptors (Lipinski definition) is 2. The Bertz CT molecular complexity index is 457. The number of halogens is 1. The molecule has 1 aliphatic heterocycles. The fourth-order valence-corrected chi connectivity index (χ4v) is 2.26. The van der Waals surface area contributed by atoms with Gasteiger partial charge in [0.25, 0.3) is 0 Å². The maximum Gasteiger partial charge on any atom is 0.321 e. The summed E-state index contributed by atoms with van der Waals surface area (Å²) in [6.45, 7) is 3.08. The van der Waals surface area contributed by atoms with E-state index in [1.165, 1.54) is 6.07 Å². The van der Waals surface area contributed by atoms with Gasteiger partial charge in [-0.25, -0.2) is 9.18 Å². The molecular weight excluding hydrogens is 247 g/mol. The number of amides is 2. The first-order valence-electron chi connectivity index (χ1n) is 6.53. The van der Waals surface area contributed by atoms with Crippen LogP contribution in [0.15, 0.2) is 18.2 Å². The lowest BCUT2D eigenvalue weighted by molar-refractivity contribution is 0.143. The van der Waals surface area contributed by atoms with E-state index in [0.29, 0.717) is 30.3 Å². The minimum atomic E-state index is -0.322. The average molecular weight is 266 g/mol. The van der Waals surface area contributed by atoms with Gasteiger partial charge in [0.15, 0.2) is 0 Å². The second-order valence-electron chi connectivity index (χ2n) is 4.96. The predicted octanol–water partition coefficient (Wildman–Crippen LogP) is 2.37. The van der Waals surface area contributed by atoms with E-state index < -0.39 is 0 Å². The number of piperidine rings is 1. The number of carbonyl (C=O) groups is 1. The number of aliphatic hydroxyl groups excluding tert-OH is 1. The predicted molar refractivity (Wildman–Crippen MR) is 71.5 cm³/mol. The first-order chi connectivity index (χ1) is 9.11. The van der Waals surface area contributed by atoms with Gasteiger partial charge in [0.05, 0.1) is 0 Å². The molecule has 0 aromatic heterocycles. The molecule has 2 rings (SSSR count). The molecule has 0 atom stereocenters. The fraction of sp³-hybridized carbons (Fsp3) is 0.500. The summed E-state index contributed by atoms with van der Waals surface area (Å²) >= 11 is 0. The lowest BCUT2D eigenvalue weighted by Crippen LogP contribution is -2.41. The number of nitrogens with one attached hydrogen (secondary N) is 1. The number of nitrogens with zero attached hydrogens (tertiary/aromatic N) is 1. The first kappa shape index (κ1) is 13.8. The molecule has 0 bridgehead atoms. The van der Waals surface area contributed by atoms with Crippen LogP contribution in [0.1, 0.15) is 18.4 Å². The maximum atomic E-state index is 13.4. The largest absolute Gasteiger partial charge is 0.396 e. The van der Waals surface area contributed by atoms with E-state index in [0.717, 1.165) is 12.8 Å². The number of anilines is 1. The molecule has 0 unspecified atom stereocenters. The molecule has 1 aliphatic rings. The van der Waals surface area contributed by atoms with Gasteiger partial charge in [0, 0.05) is 30.9 Å². The van der Waals surface area contributed by atoms with Gasteiger partial charge in [-0.1, -0.05) is 6.07 Å². The summed E-state index contributed by atoms with van der Waals surface area (Å²) in [6, 6.07) is 4.44. The van der Waals surface area contributed by atoms with Gasteiger partial charge in [-0.2, -0.15) is 0 Å². The van der Waals surface area contributed by atoms with Crippen molar-refractivity contribution in [3.05, 3.63) is 29.6 Å². The molecule has 1 aromatic carbocycles. The zero-order valence-electron chi connectivity index (χ0n) is 11.0. The smallest absolute Gasteiger partial charge is 0.321 e. The molecule has 2 amide bonds. The Balaban J connectivity index is 1.96. The summed E-state index contributed by atoms with van der Waals surface area (Å²) in [7, 11) is 0. The molecule has 2 N–H and O–H groups in total. The van der Waals surface area contributed by atoms with E-state index in [-0.39, 0.29) is 18.5 Å². The van der Waals surface area contributed by atoms with Crippen molar-refractivity contribution in [2.75, 3.05) is 25.0 Å². The molecule has 0 aliphatic carbocycles. The summed E-state index contributed by atoms with van der Waals surface area (Å²) in [5.41, 5.74) is 0.954. The van der Waals surface area contributed by atoms with Gasteiger partial charge in [-0.3, -0.25) is 0 Å². The maximum absolute atomic E-state index is 13.4. The van der Waals surface area contributed by atoms with E-state index in [1.807, 2.05) is 0 Å². The van der Waals surface area contributed by atoms with E-state index in [2.05, 4.69) is 5.32 Å². The summed E-state index contributed by atoms with van der Waals surface area (Å²) in [5, 5.41) is 11.8. The SMILES string of the molecule is Cc1c(F)cccc1NC(=O)N1CCC(CO)CC1. The lowest BCUT2D eigenvalue weighted by Gasteiger charge is -2.31. The van der Waals surface area contributed by atoms with Gasteiger partial charge < -0.3 is 15.3 Å². The Morgan fingerprint density at radius 2 is 2.16 bits per heavy atom. The van der Waals surface area contributed by atoms with E-state index >= 15 is 0 Å². The number of aliphatic hydroxyl groups is 1. The lowest BCUT2D eigenvalue weighted by atomic mass is 9.98. The highest BCUT2D eigenvalue weighted by molar-refractivity contribution is 5.90. The number of likely N-dealkylation sites (tertiary alicyclic amines) is 1. The van der Waals surface area contributed by atoms with Crippen LogP contribution in [-0.2, 0) is 0 Å². The highest BCUT2D eigenvalue weighted by Gasteiger charge is 2.22. The molecule has 1 aromatic rings.